The molecule has 0 heterocycles. The quantitative estimate of drug-likeness (QED) is 0.465. The minimum Gasteiger partial charge on any atom is -0.455 e. The smallest absolute Gasteiger partial charge is 0.303 e. The van der Waals surface area contributed by atoms with E-state index in [0.29, 0.717) is 0 Å². The third-order valence-corrected chi connectivity index (χ3v) is 3.43. The highest BCUT2D eigenvalue weighted by molar-refractivity contribution is 5.70. The van der Waals surface area contributed by atoms with Crippen LogP contribution in [0.25, 0.3) is 0 Å². The van der Waals surface area contributed by atoms with Crippen molar-refractivity contribution in [2.45, 2.75) is 71.3 Å². The molecule has 6 atom stereocenters. The largest absolute Gasteiger partial charge is 0.455 e. The molecule has 0 saturated heterocycles. The molecule has 0 N–H and O–H groups in total. The van der Waals surface area contributed by atoms with E-state index in [0.717, 1.165) is 34.6 Å². The maximum atomic E-state index is 15.1. The molecule has 0 aromatic heterocycles. The van der Waals surface area contributed by atoms with Gasteiger partial charge in [-0.1, -0.05) is 0 Å². The zero-order valence-corrected chi connectivity index (χ0v) is 15.4. The number of esters is 5. The average Bonchev–Trinajstić information content (AvgIpc) is 2.49. The van der Waals surface area contributed by atoms with Crippen LogP contribution in [0.2, 0.25) is 0 Å². The topological polar surface area (TPSA) is 132 Å². The highest BCUT2D eigenvalue weighted by Gasteiger charge is 2.59. The van der Waals surface area contributed by atoms with Crippen LogP contribution < -0.4 is 0 Å². The first-order valence-electron chi connectivity index (χ1n) is 7.94. The Hall–Kier alpha value is -2.72. The minimum atomic E-state index is -2.24. The van der Waals surface area contributed by atoms with Crippen molar-refractivity contribution in [2.75, 3.05) is 0 Å². The molecule has 0 aromatic rings. The molecule has 1 aliphatic carbocycles. The van der Waals surface area contributed by atoms with Crippen molar-refractivity contribution in [1.82, 2.24) is 0 Å². The predicted molar refractivity (Wildman–Crippen MR) is 82.7 cm³/mol. The van der Waals surface area contributed by atoms with Crippen LogP contribution in [0.4, 0.5) is 4.39 Å². The van der Waals surface area contributed by atoms with E-state index in [2.05, 4.69) is 0 Å². The van der Waals surface area contributed by atoms with Crippen molar-refractivity contribution >= 4 is 29.8 Å². The molecule has 1 rings (SSSR count). The summed E-state index contributed by atoms with van der Waals surface area (Å²) in [5, 5.41) is 0. The molecule has 1 aliphatic rings. The average molecular weight is 392 g/mol. The first-order chi connectivity index (χ1) is 12.4. The summed E-state index contributed by atoms with van der Waals surface area (Å²) < 4.78 is 39.9. The van der Waals surface area contributed by atoms with Crippen LogP contribution in [0.5, 0.6) is 0 Å². The zero-order chi connectivity index (χ0) is 20.9. The fraction of sp³-hybridized carbons (Fsp3) is 0.688. The molecule has 11 heteroatoms. The number of hydrogen-bond acceptors (Lipinski definition) is 10. The highest BCUT2D eigenvalue weighted by Crippen LogP contribution is 2.34. The van der Waals surface area contributed by atoms with Gasteiger partial charge in [0.05, 0.1) is 0 Å². The standard InChI is InChI=1S/C16H21FO10/c1-6(18)23-12-11(17)13(24-7(2)19)15(26-9(4)21)16(27-10(5)22)14(12)25-8(3)20/h11-16H,1-5H3/t11?,12-,13+,14-,15-,16?/m0/s1. The fourth-order valence-electron chi connectivity index (χ4n) is 2.73. The second kappa shape index (κ2) is 9.28. The zero-order valence-electron chi connectivity index (χ0n) is 15.4. The maximum Gasteiger partial charge on any atom is 0.303 e. The summed E-state index contributed by atoms with van der Waals surface area (Å²) in [6, 6.07) is 0. The Bertz CT molecular complexity index is 574. The number of rotatable bonds is 5. The van der Waals surface area contributed by atoms with Gasteiger partial charge in [0.15, 0.2) is 36.7 Å². The summed E-state index contributed by atoms with van der Waals surface area (Å²) in [6.07, 6.45) is -10.6. The van der Waals surface area contributed by atoms with Crippen LogP contribution in [0.15, 0.2) is 0 Å². The molecular formula is C16H21FO10. The number of halogens is 1. The molecule has 0 amide bonds. The Morgan fingerprint density at radius 3 is 0.889 bits per heavy atom. The SMILES string of the molecule is CC(=O)OC1[C@@H](OC(C)=O)[C@H](OC(C)=O)C(F)[C@H](OC(C)=O)[C@@H]1OC(C)=O. The van der Waals surface area contributed by atoms with Gasteiger partial charge in [-0.3, -0.25) is 24.0 Å². The van der Waals surface area contributed by atoms with E-state index >= 15 is 4.39 Å². The molecule has 0 spiro atoms. The van der Waals surface area contributed by atoms with Crippen molar-refractivity contribution in [3.05, 3.63) is 0 Å². The fourth-order valence-corrected chi connectivity index (χ4v) is 2.73. The first kappa shape index (κ1) is 22.3. The first-order valence-corrected chi connectivity index (χ1v) is 7.94. The molecule has 0 aromatic carbocycles. The third-order valence-electron chi connectivity index (χ3n) is 3.43. The predicted octanol–water partition coefficient (Wildman–Crippen LogP) is -0.00340. The van der Waals surface area contributed by atoms with Crippen molar-refractivity contribution < 1.29 is 52.0 Å². The van der Waals surface area contributed by atoms with Crippen LogP contribution in [0.3, 0.4) is 0 Å². The normalized spacial score (nSPS) is 29.9. The Morgan fingerprint density at radius 1 is 0.481 bits per heavy atom. The van der Waals surface area contributed by atoms with Crippen molar-refractivity contribution in [2.24, 2.45) is 0 Å². The molecule has 0 bridgehead atoms. The lowest BCUT2D eigenvalue weighted by atomic mass is 9.84. The van der Waals surface area contributed by atoms with Gasteiger partial charge in [-0.25, -0.2) is 4.39 Å². The van der Waals surface area contributed by atoms with Gasteiger partial charge in [0, 0.05) is 34.6 Å². The van der Waals surface area contributed by atoms with E-state index in [1.165, 1.54) is 0 Å². The summed E-state index contributed by atoms with van der Waals surface area (Å²) in [5.41, 5.74) is 0. The summed E-state index contributed by atoms with van der Waals surface area (Å²) in [6.45, 7) is 4.98. The second-order valence-electron chi connectivity index (χ2n) is 5.81. The van der Waals surface area contributed by atoms with Gasteiger partial charge in [-0.2, -0.15) is 0 Å². The number of alkyl halides is 1. The van der Waals surface area contributed by atoms with Crippen LogP contribution in [0, 0.1) is 0 Å². The number of ether oxygens (including phenoxy) is 5. The van der Waals surface area contributed by atoms with Crippen molar-refractivity contribution in [1.29, 1.82) is 0 Å². The van der Waals surface area contributed by atoms with Crippen LogP contribution >= 0.6 is 0 Å². The van der Waals surface area contributed by atoms with Gasteiger partial charge in [-0.15, -0.1) is 0 Å². The summed E-state index contributed by atoms with van der Waals surface area (Å²) in [5.74, 6) is -4.51. The van der Waals surface area contributed by atoms with E-state index < -0.39 is 66.5 Å². The van der Waals surface area contributed by atoms with E-state index in [-0.39, 0.29) is 0 Å². The lowest BCUT2D eigenvalue weighted by Crippen LogP contribution is -2.67. The Balaban J connectivity index is 3.46. The summed E-state index contributed by atoms with van der Waals surface area (Å²) in [4.78, 5) is 57.2. The van der Waals surface area contributed by atoms with Crippen LogP contribution in [0.1, 0.15) is 34.6 Å². The molecule has 27 heavy (non-hydrogen) atoms. The minimum absolute atomic E-state index is 0.880. The molecular weight excluding hydrogens is 371 g/mol. The van der Waals surface area contributed by atoms with E-state index in [1.807, 2.05) is 0 Å². The van der Waals surface area contributed by atoms with Gasteiger partial charge in [0.25, 0.3) is 0 Å². The molecule has 1 saturated carbocycles. The van der Waals surface area contributed by atoms with Gasteiger partial charge >= 0.3 is 29.8 Å². The molecule has 2 unspecified atom stereocenters. The van der Waals surface area contributed by atoms with Gasteiger partial charge < -0.3 is 23.7 Å². The molecule has 10 nitrogen and oxygen atoms in total. The maximum absolute atomic E-state index is 15.1. The van der Waals surface area contributed by atoms with Crippen LogP contribution in [-0.4, -0.2) is 66.5 Å². The number of carbonyl (C=O) groups excluding carboxylic acids is 5. The second-order valence-corrected chi connectivity index (χ2v) is 5.81. The molecule has 0 aliphatic heterocycles. The van der Waals surface area contributed by atoms with Gasteiger partial charge in [0.2, 0.25) is 0 Å². The summed E-state index contributed by atoms with van der Waals surface area (Å²) >= 11 is 0. The van der Waals surface area contributed by atoms with E-state index in [4.69, 9.17) is 23.7 Å². The molecule has 152 valence electrons. The van der Waals surface area contributed by atoms with Gasteiger partial charge in [0.1, 0.15) is 0 Å². The van der Waals surface area contributed by atoms with E-state index in [1.54, 1.807) is 0 Å². The van der Waals surface area contributed by atoms with Crippen LogP contribution in [-0.2, 0) is 47.7 Å². The lowest BCUT2D eigenvalue weighted by Gasteiger charge is -2.45. The Kier molecular flexibility index (Phi) is 7.68. The van der Waals surface area contributed by atoms with Gasteiger partial charge in [-0.05, 0) is 0 Å². The van der Waals surface area contributed by atoms with Crippen molar-refractivity contribution in [3.63, 3.8) is 0 Å². The Morgan fingerprint density at radius 2 is 0.667 bits per heavy atom. The van der Waals surface area contributed by atoms with Crippen molar-refractivity contribution in [3.8, 4) is 0 Å². The monoisotopic (exact) mass is 392 g/mol. The highest BCUT2D eigenvalue weighted by atomic mass is 19.1. The molecule has 1 fully saturated rings. The number of carbonyl (C=O) groups is 5. The number of hydrogen-bond donors (Lipinski definition) is 0. The third kappa shape index (κ3) is 6.19. The Labute approximate surface area is 154 Å². The lowest BCUT2D eigenvalue weighted by molar-refractivity contribution is -0.246. The molecule has 0 radical (unpaired) electrons. The summed E-state index contributed by atoms with van der Waals surface area (Å²) in [7, 11) is 0. The van der Waals surface area contributed by atoms with E-state index in [9.17, 15) is 24.0 Å².